The first kappa shape index (κ1) is 27.8. The van der Waals surface area contributed by atoms with Crippen molar-refractivity contribution >= 4 is 27.0 Å². The van der Waals surface area contributed by atoms with Crippen LogP contribution in [0.3, 0.4) is 0 Å². The van der Waals surface area contributed by atoms with E-state index in [9.17, 15) is 0 Å². The lowest BCUT2D eigenvalue weighted by Crippen LogP contribution is -2.66. The minimum Gasteiger partial charge on any atom is -0.414 e. The molecule has 0 heterocycles. The fraction of sp³-hybridized carbons (Fsp3) is 0.517. The van der Waals surface area contributed by atoms with E-state index in [0.717, 1.165) is 19.3 Å². The van der Waals surface area contributed by atoms with Gasteiger partial charge in [0.15, 0.2) is 8.32 Å². The molecule has 0 spiro atoms. The van der Waals surface area contributed by atoms with Crippen LogP contribution in [-0.2, 0) is 8.85 Å². The number of rotatable bonds is 11. The highest BCUT2D eigenvalue weighted by atomic mass is 28.4. The van der Waals surface area contributed by atoms with Crippen LogP contribution in [0.5, 0.6) is 0 Å². The van der Waals surface area contributed by atoms with Crippen molar-refractivity contribution in [2.75, 3.05) is 6.61 Å². The second kappa shape index (κ2) is 11.3. The molecule has 4 heteroatoms. The Morgan fingerprint density at radius 2 is 1.27 bits per heavy atom. The second-order valence-corrected chi connectivity index (χ2v) is 20.7. The fourth-order valence-electron chi connectivity index (χ4n) is 4.26. The highest BCUT2D eigenvalue weighted by Gasteiger charge is 2.50. The summed E-state index contributed by atoms with van der Waals surface area (Å²) in [7, 11) is -4.36. The molecule has 0 aliphatic rings. The van der Waals surface area contributed by atoms with E-state index in [1.54, 1.807) is 0 Å². The Bertz CT molecular complexity index is 809. The van der Waals surface area contributed by atoms with Crippen molar-refractivity contribution in [2.45, 2.75) is 90.1 Å². The molecule has 0 bridgehead atoms. The van der Waals surface area contributed by atoms with Crippen LogP contribution in [0.4, 0.5) is 0 Å². The van der Waals surface area contributed by atoms with Crippen molar-refractivity contribution < 1.29 is 8.85 Å². The van der Waals surface area contributed by atoms with Crippen molar-refractivity contribution in [1.82, 2.24) is 0 Å². The summed E-state index contributed by atoms with van der Waals surface area (Å²) >= 11 is 0. The summed E-state index contributed by atoms with van der Waals surface area (Å²) in [5.41, 5.74) is 0. The number of hydrogen-bond donors (Lipinski definition) is 0. The zero-order valence-corrected chi connectivity index (χ0v) is 24.3. The maximum atomic E-state index is 7.13. The molecule has 2 rings (SSSR count). The lowest BCUT2D eigenvalue weighted by Gasteiger charge is -2.44. The van der Waals surface area contributed by atoms with Crippen molar-refractivity contribution in [3.05, 3.63) is 73.3 Å². The Morgan fingerprint density at radius 1 is 0.788 bits per heavy atom. The summed E-state index contributed by atoms with van der Waals surface area (Å²) in [6.45, 7) is 23.3. The number of benzene rings is 2. The molecule has 2 aromatic carbocycles. The van der Waals surface area contributed by atoms with Gasteiger partial charge in [-0.05, 0) is 52.8 Å². The molecule has 0 aromatic heterocycles. The van der Waals surface area contributed by atoms with E-state index in [-0.39, 0.29) is 16.2 Å². The molecule has 0 aliphatic heterocycles. The van der Waals surface area contributed by atoms with Crippen molar-refractivity contribution in [3.63, 3.8) is 0 Å². The Morgan fingerprint density at radius 3 is 1.67 bits per heavy atom. The zero-order chi connectivity index (χ0) is 24.8. The third-order valence-electron chi connectivity index (χ3n) is 7.14. The van der Waals surface area contributed by atoms with Gasteiger partial charge in [-0.25, -0.2) is 0 Å². The van der Waals surface area contributed by atoms with E-state index in [4.69, 9.17) is 8.85 Å². The van der Waals surface area contributed by atoms with Crippen molar-refractivity contribution in [1.29, 1.82) is 0 Å². The van der Waals surface area contributed by atoms with Gasteiger partial charge in [-0.15, -0.1) is 6.58 Å². The Balaban J connectivity index is 2.35. The minimum atomic E-state index is -2.51. The molecule has 0 aliphatic carbocycles. The van der Waals surface area contributed by atoms with Crippen LogP contribution >= 0.6 is 0 Å². The van der Waals surface area contributed by atoms with Gasteiger partial charge in [0, 0.05) is 12.7 Å². The van der Waals surface area contributed by atoms with Gasteiger partial charge in [-0.1, -0.05) is 108 Å². The SMILES string of the molecule is C=CCC[C@@H](CCO[Si](c1ccccc1)(c1ccccc1)C(C)(C)C)O[Si](C)(C)C(C)(C)C. The van der Waals surface area contributed by atoms with E-state index in [2.05, 4.69) is 122 Å². The number of hydrogen-bond acceptors (Lipinski definition) is 2. The highest BCUT2D eigenvalue weighted by Crippen LogP contribution is 2.39. The molecule has 33 heavy (non-hydrogen) atoms. The van der Waals surface area contributed by atoms with Crippen LogP contribution in [-0.4, -0.2) is 29.3 Å². The van der Waals surface area contributed by atoms with E-state index in [1.165, 1.54) is 10.4 Å². The lowest BCUT2D eigenvalue weighted by atomic mass is 10.1. The maximum Gasteiger partial charge on any atom is 0.261 e. The second-order valence-electron chi connectivity index (χ2n) is 11.7. The Kier molecular flexibility index (Phi) is 9.52. The van der Waals surface area contributed by atoms with Gasteiger partial charge >= 0.3 is 0 Å². The first-order chi connectivity index (χ1) is 15.3. The van der Waals surface area contributed by atoms with Crippen LogP contribution in [0, 0.1) is 0 Å². The summed E-state index contributed by atoms with van der Waals surface area (Å²) in [5.74, 6) is 0. The molecule has 0 N–H and O–H groups in total. The first-order valence-electron chi connectivity index (χ1n) is 12.4. The molecule has 0 radical (unpaired) electrons. The summed E-state index contributed by atoms with van der Waals surface area (Å²) in [5, 5.41) is 2.85. The van der Waals surface area contributed by atoms with Gasteiger partial charge in [-0.2, -0.15) is 0 Å². The average molecular weight is 483 g/mol. The summed E-state index contributed by atoms with van der Waals surface area (Å²) in [6, 6.07) is 21.8. The molecular weight excluding hydrogens is 436 g/mol. The van der Waals surface area contributed by atoms with Crippen LogP contribution < -0.4 is 10.4 Å². The predicted octanol–water partition coefficient (Wildman–Crippen LogP) is 7.31. The Labute approximate surface area is 205 Å². The van der Waals surface area contributed by atoms with Crippen molar-refractivity contribution in [2.24, 2.45) is 0 Å². The van der Waals surface area contributed by atoms with E-state index < -0.39 is 16.6 Å². The van der Waals surface area contributed by atoms with Gasteiger partial charge in [0.25, 0.3) is 8.32 Å². The van der Waals surface area contributed by atoms with Gasteiger partial charge in [-0.3, -0.25) is 0 Å². The minimum absolute atomic E-state index is 0.00733. The third-order valence-corrected chi connectivity index (χ3v) is 16.7. The summed E-state index contributed by atoms with van der Waals surface area (Å²) in [6.07, 6.45) is 5.08. The van der Waals surface area contributed by atoms with Crippen LogP contribution in [0.25, 0.3) is 0 Å². The number of allylic oxidation sites excluding steroid dienone is 1. The summed E-state index contributed by atoms with van der Waals surface area (Å²) in [4.78, 5) is 0. The molecular formula is C29H46O2Si2. The molecule has 0 saturated heterocycles. The van der Waals surface area contributed by atoms with Gasteiger partial charge < -0.3 is 8.85 Å². The summed E-state index contributed by atoms with van der Waals surface area (Å²) < 4.78 is 14.0. The molecule has 0 fully saturated rings. The van der Waals surface area contributed by atoms with E-state index in [1.807, 2.05) is 6.08 Å². The monoisotopic (exact) mass is 482 g/mol. The average Bonchev–Trinajstić information content (AvgIpc) is 2.74. The quantitative estimate of drug-likeness (QED) is 0.247. The molecule has 2 nitrogen and oxygen atoms in total. The molecule has 0 amide bonds. The maximum absolute atomic E-state index is 7.13. The third kappa shape index (κ3) is 6.78. The smallest absolute Gasteiger partial charge is 0.261 e. The lowest BCUT2D eigenvalue weighted by molar-refractivity contribution is 0.136. The largest absolute Gasteiger partial charge is 0.414 e. The molecule has 1 atom stereocenters. The standard InChI is InChI=1S/C29H46O2Si2/c1-10-11-18-25(31-32(8,9)28(2,3)4)23-24-30-33(29(5,6)7,26-19-14-12-15-20-26)27-21-16-13-17-22-27/h10,12-17,19-22,25H,1,11,18,23-24H2,2-9H3/t25-/m0/s1. The van der Waals surface area contributed by atoms with Gasteiger partial charge in [0.1, 0.15) is 0 Å². The zero-order valence-electron chi connectivity index (χ0n) is 22.3. The molecule has 182 valence electrons. The van der Waals surface area contributed by atoms with E-state index in [0.29, 0.717) is 6.61 Å². The van der Waals surface area contributed by atoms with E-state index >= 15 is 0 Å². The van der Waals surface area contributed by atoms with Crippen LogP contribution in [0.15, 0.2) is 73.3 Å². The predicted molar refractivity (Wildman–Crippen MR) is 150 cm³/mol. The van der Waals surface area contributed by atoms with Crippen LogP contribution in [0.1, 0.15) is 60.8 Å². The molecule has 2 aromatic rings. The first-order valence-corrected chi connectivity index (χ1v) is 17.2. The molecule has 0 unspecified atom stereocenters. The van der Waals surface area contributed by atoms with Crippen LogP contribution in [0.2, 0.25) is 23.2 Å². The van der Waals surface area contributed by atoms with Crippen molar-refractivity contribution in [3.8, 4) is 0 Å². The van der Waals surface area contributed by atoms with Gasteiger partial charge in [0.2, 0.25) is 0 Å². The highest BCUT2D eigenvalue weighted by molar-refractivity contribution is 6.99. The topological polar surface area (TPSA) is 18.5 Å². The fourth-order valence-corrected chi connectivity index (χ4v) is 10.3. The normalized spacial score (nSPS) is 14.2. The molecule has 0 saturated carbocycles. The van der Waals surface area contributed by atoms with Gasteiger partial charge in [0.05, 0.1) is 0 Å². The Hall–Kier alpha value is -1.47.